The molecule has 1 amide bonds. The summed E-state index contributed by atoms with van der Waals surface area (Å²) in [6, 6.07) is 0.755. The average Bonchev–Trinajstić information content (AvgIpc) is 2.63. The molecule has 0 aromatic rings. The first-order valence-corrected chi connectivity index (χ1v) is 9.88. The standard InChI is InChI=1S/C19H35N3O2/c1-16-3-5-17(6-4-16)21-11-13-22(14-12-21)18(23)19(15-24-2)7-9-20-10-8-19/h16-17,20H,3-15H2,1-2H3. The van der Waals surface area contributed by atoms with E-state index < -0.39 is 0 Å². The summed E-state index contributed by atoms with van der Waals surface area (Å²) in [5.74, 6) is 1.24. The number of nitrogens with zero attached hydrogens (tertiary/aromatic N) is 2. The molecule has 3 aliphatic rings. The lowest BCUT2D eigenvalue weighted by Gasteiger charge is -2.45. The second kappa shape index (κ2) is 8.15. The highest BCUT2D eigenvalue weighted by Gasteiger charge is 2.43. The molecule has 3 fully saturated rings. The zero-order valence-electron chi connectivity index (χ0n) is 15.6. The zero-order valence-corrected chi connectivity index (χ0v) is 15.6. The van der Waals surface area contributed by atoms with E-state index >= 15 is 0 Å². The Bertz CT molecular complexity index is 401. The van der Waals surface area contributed by atoms with Crippen LogP contribution < -0.4 is 5.32 Å². The van der Waals surface area contributed by atoms with Gasteiger partial charge in [0.1, 0.15) is 0 Å². The molecule has 0 bridgehead atoms. The normalized spacial score (nSPS) is 31.8. The van der Waals surface area contributed by atoms with E-state index in [0.29, 0.717) is 12.5 Å². The summed E-state index contributed by atoms with van der Waals surface area (Å²) in [5, 5.41) is 3.37. The van der Waals surface area contributed by atoms with E-state index in [-0.39, 0.29) is 5.41 Å². The molecule has 3 rings (SSSR count). The highest BCUT2D eigenvalue weighted by Crippen LogP contribution is 2.33. The number of methoxy groups -OCH3 is 1. The number of rotatable bonds is 4. The number of carbonyl (C=O) groups excluding carboxylic acids is 1. The number of amides is 1. The molecule has 0 aromatic carbocycles. The lowest BCUT2D eigenvalue weighted by molar-refractivity contribution is -0.149. The first-order chi connectivity index (χ1) is 11.6. The molecule has 1 saturated carbocycles. The maximum absolute atomic E-state index is 13.2. The molecule has 2 saturated heterocycles. The van der Waals surface area contributed by atoms with Gasteiger partial charge in [-0.05, 0) is 57.5 Å². The zero-order chi connectivity index (χ0) is 17.0. The van der Waals surface area contributed by atoms with E-state index in [9.17, 15) is 4.79 Å². The van der Waals surface area contributed by atoms with Crippen LogP contribution in [0.4, 0.5) is 0 Å². The van der Waals surface area contributed by atoms with E-state index in [1.807, 2.05) is 0 Å². The van der Waals surface area contributed by atoms with Crippen molar-refractivity contribution in [3.8, 4) is 0 Å². The molecular formula is C19H35N3O2. The molecule has 1 aliphatic carbocycles. The largest absolute Gasteiger partial charge is 0.384 e. The highest BCUT2D eigenvalue weighted by atomic mass is 16.5. The second-order valence-corrected chi connectivity index (χ2v) is 8.21. The summed E-state index contributed by atoms with van der Waals surface area (Å²) < 4.78 is 5.44. The van der Waals surface area contributed by atoms with Crippen LogP contribution in [-0.2, 0) is 9.53 Å². The number of piperazine rings is 1. The Labute approximate surface area is 147 Å². The van der Waals surface area contributed by atoms with Gasteiger partial charge >= 0.3 is 0 Å². The molecule has 0 spiro atoms. The summed E-state index contributed by atoms with van der Waals surface area (Å²) in [5.41, 5.74) is -0.289. The van der Waals surface area contributed by atoms with Gasteiger partial charge in [-0.25, -0.2) is 0 Å². The fraction of sp³-hybridized carbons (Fsp3) is 0.947. The average molecular weight is 338 g/mol. The first-order valence-electron chi connectivity index (χ1n) is 9.88. The number of ether oxygens (including phenoxy) is 1. The van der Waals surface area contributed by atoms with Crippen LogP contribution in [0.1, 0.15) is 45.4 Å². The van der Waals surface area contributed by atoms with Gasteiger partial charge in [0, 0.05) is 39.3 Å². The smallest absolute Gasteiger partial charge is 0.231 e. The number of hydrogen-bond donors (Lipinski definition) is 1. The van der Waals surface area contributed by atoms with Crippen molar-refractivity contribution in [3.05, 3.63) is 0 Å². The Morgan fingerprint density at radius 2 is 1.71 bits per heavy atom. The maximum atomic E-state index is 13.2. The van der Waals surface area contributed by atoms with Crippen molar-refractivity contribution >= 4 is 5.91 Å². The van der Waals surface area contributed by atoms with Crippen molar-refractivity contribution < 1.29 is 9.53 Å². The van der Waals surface area contributed by atoms with Crippen LogP contribution in [0.15, 0.2) is 0 Å². The van der Waals surface area contributed by atoms with Crippen LogP contribution in [0.2, 0.25) is 0 Å². The molecule has 2 aliphatic heterocycles. The minimum Gasteiger partial charge on any atom is -0.384 e. The molecule has 0 atom stereocenters. The van der Waals surface area contributed by atoms with Gasteiger partial charge in [0.05, 0.1) is 12.0 Å². The summed E-state index contributed by atoms with van der Waals surface area (Å²) in [6.07, 6.45) is 7.23. The molecule has 0 unspecified atom stereocenters. The van der Waals surface area contributed by atoms with Crippen LogP contribution in [0.25, 0.3) is 0 Å². The molecule has 2 heterocycles. The van der Waals surface area contributed by atoms with Crippen molar-refractivity contribution in [2.45, 2.75) is 51.5 Å². The molecule has 1 N–H and O–H groups in total. The van der Waals surface area contributed by atoms with Crippen LogP contribution >= 0.6 is 0 Å². The number of nitrogens with one attached hydrogen (secondary N) is 1. The fourth-order valence-corrected chi connectivity index (χ4v) is 4.83. The Morgan fingerprint density at radius 1 is 1.08 bits per heavy atom. The summed E-state index contributed by atoms with van der Waals surface area (Å²) in [4.78, 5) is 17.9. The first kappa shape index (κ1) is 18.2. The second-order valence-electron chi connectivity index (χ2n) is 8.21. The van der Waals surface area contributed by atoms with Gasteiger partial charge < -0.3 is 15.0 Å². The Morgan fingerprint density at radius 3 is 2.29 bits per heavy atom. The van der Waals surface area contributed by atoms with Gasteiger partial charge in [-0.3, -0.25) is 9.69 Å². The van der Waals surface area contributed by atoms with E-state index in [0.717, 1.165) is 64.1 Å². The van der Waals surface area contributed by atoms with Crippen molar-refractivity contribution in [3.63, 3.8) is 0 Å². The summed E-state index contributed by atoms with van der Waals surface area (Å²) >= 11 is 0. The van der Waals surface area contributed by atoms with Crippen LogP contribution in [0, 0.1) is 11.3 Å². The Kier molecular flexibility index (Phi) is 6.17. The van der Waals surface area contributed by atoms with Crippen LogP contribution in [-0.4, -0.2) is 74.7 Å². The van der Waals surface area contributed by atoms with Gasteiger partial charge in [0.25, 0.3) is 0 Å². The molecule has 5 heteroatoms. The van der Waals surface area contributed by atoms with Gasteiger partial charge in [-0.15, -0.1) is 0 Å². The fourth-order valence-electron chi connectivity index (χ4n) is 4.83. The third kappa shape index (κ3) is 3.94. The number of carbonyl (C=O) groups is 1. The third-order valence-corrected chi connectivity index (χ3v) is 6.54. The molecule has 0 aromatic heterocycles. The summed E-state index contributed by atoms with van der Waals surface area (Å²) in [7, 11) is 1.72. The van der Waals surface area contributed by atoms with E-state index in [1.54, 1.807) is 7.11 Å². The monoisotopic (exact) mass is 337 g/mol. The Hall–Kier alpha value is -0.650. The quantitative estimate of drug-likeness (QED) is 0.848. The van der Waals surface area contributed by atoms with Crippen molar-refractivity contribution in [1.82, 2.24) is 15.1 Å². The Balaban J connectivity index is 1.54. The van der Waals surface area contributed by atoms with Gasteiger partial charge in [-0.2, -0.15) is 0 Å². The highest BCUT2D eigenvalue weighted by molar-refractivity contribution is 5.83. The van der Waals surface area contributed by atoms with E-state index in [1.165, 1.54) is 25.7 Å². The SMILES string of the molecule is COCC1(C(=O)N2CCN(C3CCC(C)CC3)CC2)CCNCC1. The van der Waals surface area contributed by atoms with Gasteiger partial charge in [0.2, 0.25) is 5.91 Å². The minimum absolute atomic E-state index is 0.289. The van der Waals surface area contributed by atoms with Crippen molar-refractivity contribution in [1.29, 1.82) is 0 Å². The molecule has 24 heavy (non-hydrogen) atoms. The minimum atomic E-state index is -0.289. The van der Waals surface area contributed by atoms with Crippen LogP contribution in [0.3, 0.4) is 0 Å². The third-order valence-electron chi connectivity index (χ3n) is 6.54. The topological polar surface area (TPSA) is 44.8 Å². The van der Waals surface area contributed by atoms with Crippen molar-refractivity contribution in [2.24, 2.45) is 11.3 Å². The maximum Gasteiger partial charge on any atom is 0.231 e. The molecule has 138 valence electrons. The van der Waals surface area contributed by atoms with Gasteiger partial charge in [-0.1, -0.05) is 6.92 Å². The molecule has 0 radical (unpaired) electrons. The number of piperidine rings is 1. The predicted molar refractivity (Wildman–Crippen MR) is 96.0 cm³/mol. The van der Waals surface area contributed by atoms with E-state index in [4.69, 9.17) is 4.74 Å². The predicted octanol–water partition coefficient (Wildman–Crippen LogP) is 1.73. The molecule has 5 nitrogen and oxygen atoms in total. The lowest BCUT2D eigenvalue weighted by atomic mass is 9.78. The lowest BCUT2D eigenvalue weighted by Crippen LogP contribution is -2.58. The molecular weight excluding hydrogens is 302 g/mol. The van der Waals surface area contributed by atoms with Crippen molar-refractivity contribution in [2.75, 3.05) is 53.0 Å². The number of hydrogen-bond acceptors (Lipinski definition) is 4. The summed E-state index contributed by atoms with van der Waals surface area (Å²) in [6.45, 7) is 8.67. The van der Waals surface area contributed by atoms with E-state index in [2.05, 4.69) is 22.0 Å². The van der Waals surface area contributed by atoms with Crippen LogP contribution in [0.5, 0.6) is 0 Å². The van der Waals surface area contributed by atoms with Gasteiger partial charge in [0.15, 0.2) is 0 Å².